The van der Waals surface area contributed by atoms with Crippen LogP contribution in [0.15, 0.2) is 12.4 Å². The van der Waals surface area contributed by atoms with Gasteiger partial charge in [0.2, 0.25) is 0 Å². The second-order valence-corrected chi connectivity index (χ2v) is 3.98. The molecule has 0 radical (unpaired) electrons. The smallest absolute Gasteiger partial charge is 0.134 e. The summed E-state index contributed by atoms with van der Waals surface area (Å²) < 4.78 is 0. The topological polar surface area (TPSA) is 41.0 Å². The van der Waals surface area contributed by atoms with Crippen molar-refractivity contribution < 1.29 is 0 Å². The molecule has 0 saturated carbocycles. The molecule has 2 rings (SSSR count). The van der Waals surface area contributed by atoms with E-state index >= 15 is 0 Å². The van der Waals surface area contributed by atoms with E-state index in [9.17, 15) is 0 Å². The van der Waals surface area contributed by atoms with Crippen molar-refractivity contribution in [2.75, 3.05) is 23.3 Å². The molecule has 1 saturated heterocycles. The first-order valence-corrected chi connectivity index (χ1v) is 5.64. The van der Waals surface area contributed by atoms with E-state index in [0.717, 1.165) is 24.7 Å². The Morgan fingerprint density at radius 3 is 3.07 bits per heavy atom. The summed E-state index contributed by atoms with van der Waals surface area (Å²) >= 11 is 0. The lowest BCUT2D eigenvalue weighted by Gasteiger charge is -2.22. The Bertz CT molecular complexity index is 326. The molecule has 0 bridgehead atoms. The quantitative estimate of drug-likeness (QED) is 0.820. The number of hydrogen-bond donors (Lipinski definition) is 1. The van der Waals surface area contributed by atoms with Gasteiger partial charge in [0, 0.05) is 25.2 Å². The summed E-state index contributed by atoms with van der Waals surface area (Å²) in [5, 5.41) is 3.21. The molecule has 1 N–H and O–H groups in total. The minimum Gasteiger partial charge on any atom is -0.370 e. The number of nitrogens with one attached hydrogen (secondary N) is 1. The zero-order valence-electron chi connectivity index (χ0n) is 9.40. The largest absolute Gasteiger partial charge is 0.370 e. The van der Waals surface area contributed by atoms with Crippen LogP contribution in [0.5, 0.6) is 0 Å². The number of nitrogens with zero attached hydrogens (tertiary/aromatic N) is 3. The number of anilines is 2. The molecule has 82 valence electrons. The van der Waals surface area contributed by atoms with Gasteiger partial charge in [0.1, 0.15) is 18.0 Å². The summed E-state index contributed by atoms with van der Waals surface area (Å²) in [6, 6.07) is 2.64. The van der Waals surface area contributed by atoms with Crippen LogP contribution < -0.4 is 10.2 Å². The molecule has 0 aliphatic carbocycles. The van der Waals surface area contributed by atoms with E-state index in [-0.39, 0.29) is 0 Å². The van der Waals surface area contributed by atoms with Crippen LogP contribution in [0.4, 0.5) is 11.6 Å². The predicted octanol–water partition coefficient (Wildman–Crippen LogP) is 1.90. The maximum absolute atomic E-state index is 4.33. The molecule has 1 unspecified atom stereocenters. The lowest BCUT2D eigenvalue weighted by molar-refractivity contribution is 0.726. The highest BCUT2D eigenvalue weighted by Gasteiger charge is 2.21. The van der Waals surface area contributed by atoms with E-state index in [2.05, 4.69) is 34.0 Å². The fourth-order valence-electron chi connectivity index (χ4n) is 2.06. The number of rotatable bonds is 3. The predicted molar refractivity (Wildman–Crippen MR) is 62.2 cm³/mol. The van der Waals surface area contributed by atoms with Crippen molar-refractivity contribution in [2.45, 2.75) is 32.7 Å². The zero-order chi connectivity index (χ0) is 10.7. The van der Waals surface area contributed by atoms with Gasteiger partial charge in [-0.15, -0.1) is 0 Å². The summed E-state index contributed by atoms with van der Waals surface area (Å²) in [4.78, 5) is 10.9. The molecule has 2 heterocycles. The van der Waals surface area contributed by atoms with Crippen molar-refractivity contribution in [3.8, 4) is 0 Å². The highest BCUT2D eigenvalue weighted by Crippen LogP contribution is 2.24. The zero-order valence-corrected chi connectivity index (χ0v) is 9.40. The molecule has 4 heteroatoms. The van der Waals surface area contributed by atoms with Crippen LogP contribution in [0.2, 0.25) is 0 Å². The fourth-order valence-corrected chi connectivity index (χ4v) is 2.06. The fraction of sp³-hybridized carbons (Fsp3) is 0.636. The Morgan fingerprint density at radius 1 is 1.53 bits per heavy atom. The molecule has 0 spiro atoms. The Kier molecular flexibility index (Phi) is 3.04. The average molecular weight is 206 g/mol. The lowest BCUT2D eigenvalue weighted by atomic mass is 10.2. The monoisotopic (exact) mass is 206 g/mol. The first-order chi connectivity index (χ1) is 7.31. The summed E-state index contributed by atoms with van der Waals surface area (Å²) in [5.41, 5.74) is 0. The molecule has 0 amide bonds. The normalized spacial score (nSPS) is 20.7. The molecule has 1 aromatic rings. The lowest BCUT2D eigenvalue weighted by Crippen LogP contribution is -2.27. The van der Waals surface area contributed by atoms with Crippen molar-refractivity contribution in [3.05, 3.63) is 12.4 Å². The van der Waals surface area contributed by atoms with Crippen LogP contribution in [0.1, 0.15) is 26.7 Å². The molecule has 1 aliphatic heterocycles. The third-order valence-electron chi connectivity index (χ3n) is 2.86. The molecular formula is C11H18N4. The van der Waals surface area contributed by atoms with Crippen LogP contribution in [0.3, 0.4) is 0 Å². The first-order valence-electron chi connectivity index (χ1n) is 5.64. The van der Waals surface area contributed by atoms with E-state index in [1.165, 1.54) is 12.8 Å². The Balaban J connectivity index is 2.16. The van der Waals surface area contributed by atoms with Gasteiger partial charge in [0.25, 0.3) is 0 Å². The number of aromatic nitrogens is 2. The van der Waals surface area contributed by atoms with Gasteiger partial charge in [0.15, 0.2) is 0 Å². The van der Waals surface area contributed by atoms with Gasteiger partial charge >= 0.3 is 0 Å². The third kappa shape index (κ3) is 2.19. The summed E-state index contributed by atoms with van der Waals surface area (Å²) in [5.74, 6) is 1.97. The van der Waals surface area contributed by atoms with Gasteiger partial charge in [0.05, 0.1) is 0 Å². The average Bonchev–Trinajstić information content (AvgIpc) is 2.65. The minimum atomic E-state index is 0.606. The summed E-state index contributed by atoms with van der Waals surface area (Å²) in [7, 11) is 0. The number of hydrogen-bond acceptors (Lipinski definition) is 4. The summed E-state index contributed by atoms with van der Waals surface area (Å²) in [6.45, 7) is 6.33. The van der Waals surface area contributed by atoms with E-state index in [1.54, 1.807) is 6.33 Å². The van der Waals surface area contributed by atoms with Crippen LogP contribution in [0.25, 0.3) is 0 Å². The van der Waals surface area contributed by atoms with Gasteiger partial charge in [-0.25, -0.2) is 9.97 Å². The van der Waals surface area contributed by atoms with Crippen LogP contribution >= 0.6 is 0 Å². The SMILES string of the molecule is CCNc1cc(N2CCCC2C)ncn1. The van der Waals surface area contributed by atoms with Crippen LogP contribution in [-0.4, -0.2) is 29.1 Å². The first kappa shape index (κ1) is 10.2. The Morgan fingerprint density at radius 2 is 2.40 bits per heavy atom. The van der Waals surface area contributed by atoms with Gasteiger partial charge < -0.3 is 10.2 Å². The van der Waals surface area contributed by atoms with Crippen molar-refractivity contribution in [1.29, 1.82) is 0 Å². The second-order valence-electron chi connectivity index (χ2n) is 3.98. The second kappa shape index (κ2) is 4.47. The van der Waals surface area contributed by atoms with Crippen LogP contribution in [0, 0.1) is 0 Å². The van der Waals surface area contributed by atoms with Crippen molar-refractivity contribution in [2.24, 2.45) is 0 Å². The maximum Gasteiger partial charge on any atom is 0.134 e. The summed E-state index contributed by atoms with van der Waals surface area (Å²) in [6.07, 6.45) is 4.17. The van der Waals surface area contributed by atoms with Crippen molar-refractivity contribution >= 4 is 11.6 Å². The highest BCUT2D eigenvalue weighted by molar-refractivity contribution is 5.49. The molecule has 1 aromatic heterocycles. The van der Waals surface area contributed by atoms with Gasteiger partial charge in [-0.2, -0.15) is 0 Å². The molecule has 1 atom stereocenters. The Hall–Kier alpha value is -1.32. The van der Waals surface area contributed by atoms with Gasteiger partial charge in [-0.05, 0) is 26.7 Å². The maximum atomic E-state index is 4.33. The standard InChI is InChI=1S/C11H18N4/c1-3-12-10-7-11(14-8-13-10)15-6-4-5-9(15)2/h7-9H,3-6H2,1-2H3,(H,12,13,14). The molecule has 1 aliphatic rings. The van der Waals surface area contributed by atoms with E-state index in [0.29, 0.717) is 6.04 Å². The molecule has 15 heavy (non-hydrogen) atoms. The molecule has 4 nitrogen and oxygen atoms in total. The van der Waals surface area contributed by atoms with Crippen LogP contribution in [-0.2, 0) is 0 Å². The molecule has 1 fully saturated rings. The third-order valence-corrected chi connectivity index (χ3v) is 2.86. The Labute approximate surface area is 90.7 Å². The highest BCUT2D eigenvalue weighted by atomic mass is 15.2. The van der Waals surface area contributed by atoms with Crippen molar-refractivity contribution in [1.82, 2.24) is 9.97 Å². The van der Waals surface area contributed by atoms with E-state index in [4.69, 9.17) is 0 Å². The van der Waals surface area contributed by atoms with E-state index in [1.807, 2.05) is 6.07 Å². The molecule has 0 aromatic carbocycles. The minimum absolute atomic E-state index is 0.606. The van der Waals surface area contributed by atoms with Crippen molar-refractivity contribution in [3.63, 3.8) is 0 Å². The molecular weight excluding hydrogens is 188 g/mol. The van der Waals surface area contributed by atoms with E-state index < -0.39 is 0 Å². The van der Waals surface area contributed by atoms with Gasteiger partial charge in [-0.3, -0.25) is 0 Å². The van der Waals surface area contributed by atoms with Gasteiger partial charge in [-0.1, -0.05) is 0 Å².